The van der Waals surface area contributed by atoms with E-state index >= 15 is 0 Å². The Labute approximate surface area is 150 Å². The Kier molecular flexibility index (Phi) is 4.08. The van der Waals surface area contributed by atoms with E-state index in [9.17, 15) is 9.18 Å². The van der Waals surface area contributed by atoms with E-state index in [0.29, 0.717) is 23.8 Å². The molecule has 0 saturated carbocycles. The van der Waals surface area contributed by atoms with Gasteiger partial charge in [-0.3, -0.25) is 14.6 Å². The van der Waals surface area contributed by atoms with Crippen molar-refractivity contribution in [1.29, 1.82) is 0 Å². The fourth-order valence-corrected chi connectivity index (χ4v) is 3.40. The number of hydrazone groups is 1. The van der Waals surface area contributed by atoms with Crippen LogP contribution in [0.3, 0.4) is 0 Å². The standard InChI is InChI=1S/C19H18FN3O3/c1-22(25-2)19(24)18-17(12-6-4-3-5-7-12)15-11-26-16-9-8-13(20)10-14(16)23(15)21-18/h3-10,15,17H,11H2,1-2H3/t15-,17?/m0/s1. The number of benzene rings is 2. The van der Waals surface area contributed by atoms with Crippen molar-refractivity contribution in [2.24, 2.45) is 5.10 Å². The largest absolute Gasteiger partial charge is 0.489 e. The molecule has 0 fully saturated rings. The monoisotopic (exact) mass is 355 g/mol. The number of fused-ring (bicyclic) bond motifs is 3. The third-order valence-electron chi connectivity index (χ3n) is 4.72. The van der Waals surface area contributed by atoms with Gasteiger partial charge in [-0.05, 0) is 17.7 Å². The van der Waals surface area contributed by atoms with Crippen molar-refractivity contribution in [1.82, 2.24) is 5.06 Å². The normalized spacial score (nSPS) is 20.7. The number of anilines is 1. The second-order valence-electron chi connectivity index (χ2n) is 6.19. The number of hydroxylamine groups is 2. The molecule has 0 spiro atoms. The van der Waals surface area contributed by atoms with E-state index in [1.54, 1.807) is 11.1 Å². The quantitative estimate of drug-likeness (QED) is 0.794. The topological polar surface area (TPSA) is 54.4 Å². The minimum atomic E-state index is -0.381. The summed E-state index contributed by atoms with van der Waals surface area (Å²) in [6, 6.07) is 13.7. The molecular formula is C19H18FN3O3. The Bertz CT molecular complexity index is 872. The number of hydrogen-bond acceptors (Lipinski definition) is 5. The van der Waals surface area contributed by atoms with Gasteiger partial charge in [-0.2, -0.15) is 5.10 Å². The van der Waals surface area contributed by atoms with Crippen LogP contribution in [0.2, 0.25) is 0 Å². The molecule has 2 aromatic rings. The van der Waals surface area contributed by atoms with Gasteiger partial charge in [-0.25, -0.2) is 9.45 Å². The Morgan fingerprint density at radius 3 is 2.81 bits per heavy atom. The fourth-order valence-electron chi connectivity index (χ4n) is 3.40. The molecule has 26 heavy (non-hydrogen) atoms. The van der Waals surface area contributed by atoms with Gasteiger partial charge < -0.3 is 4.74 Å². The van der Waals surface area contributed by atoms with Crippen LogP contribution in [-0.4, -0.2) is 43.5 Å². The summed E-state index contributed by atoms with van der Waals surface area (Å²) < 4.78 is 19.6. The van der Waals surface area contributed by atoms with Crippen molar-refractivity contribution in [3.05, 3.63) is 59.9 Å². The molecule has 0 radical (unpaired) electrons. The SMILES string of the molecule is CON(C)C(=O)C1=NN2c3cc(F)ccc3OC[C@H]2C1c1ccccc1. The molecule has 7 heteroatoms. The number of halogens is 1. The molecule has 2 aromatic carbocycles. The molecule has 0 aromatic heterocycles. The number of nitrogens with zero attached hydrogens (tertiary/aromatic N) is 3. The minimum Gasteiger partial charge on any atom is -0.489 e. The zero-order chi connectivity index (χ0) is 18.3. The van der Waals surface area contributed by atoms with Crippen molar-refractivity contribution in [3.63, 3.8) is 0 Å². The highest BCUT2D eigenvalue weighted by atomic mass is 19.1. The summed E-state index contributed by atoms with van der Waals surface area (Å²) in [7, 11) is 2.96. The molecule has 2 aliphatic rings. The van der Waals surface area contributed by atoms with Gasteiger partial charge in [0.1, 0.15) is 29.6 Å². The van der Waals surface area contributed by atoms with E-state index in [1.165, 1.54) is 26.3 Å². The minimum absolute atomic E-state index is 0.240. The van der Waals surface area contributed by atoms with Gasteiger partial charge in [0, 0.05) is 13.1 Å². The maximum Gasteiger partial charge on any atom is 0.294 e. The van der Waals surface area contributed by atoms with Crippen LogP contribution in [-0.2, 0) is 9.63 Å². The lowest BCUT2D eigenvalue weighted by molar-refractivity contribution is -0.160. The third kappa shape index (κ3) is 2.61. The Hall–Kier alpha value is -2.93. The van der Waals surface area contributed by atoms with Gasteiger partial charge in [-0.1, -0.05) is 30.3 Å². The average molecular weight is 355 g/mol. The summed E-state index contributed by atoms with van der Waals surface area (Å²) in [4.78, 5) is 17.9. The Morgan fingerprint density at radius 1 is 1.31 bits per heavy atom. The van der Waals surface area contributed by atoms with Crippen LogP contribution in [0, 0.1) is 5.82 Å². The molecule has 134 valence electrons. The molecule has 2 heterocycles. The fraction of sp³-hybridized carbons (Fsp3) is 0.263. The van der Waals surface area contributed by atoms with E-state index in [0.717, 1.165) is 10.6 Å². The lowest BCUT2D eigenvalue weighted by atomic mass is 9.87. The number of ether oxygens (including phenoxy) is 1. The van der Waals surface area contributed by atoms with E-state index in [2.05, 4.69) is 5.10 Å². The van der Waals surface area contributed by atoms with Crippen molar-refractivity contribution >= 4 is 17.3 Å². The van der Waals surface area contributed by atoms with E-state index in [-0.39, 0.29) is 23.7 Å². The molecule has 1 unspecified atom stereocenters. The highest BCUT2D eigenvalue weighted by molar-refractivity contribution is 6.41. The van der Waals surface area contributed by atoms with E-state index < -0.39 is 0 Å². The predicted molar refractivity (Wildman–Crippen MR) is 94.6 cm³/mol. The zero-order valence-corrected chi connectivity index (χ0v) is 14.4. The zero-order valence-electron chi connectivity index (χ0n) is 14.4. The van der Waals surface area contributed by atoms with Gasteiger partial charge >= 0.3 is 0 Å². The van der Waals surface area contributed by atoms with Gasteiger partial charge in [0.25, 0.3) is 5.91 Å². The maximum absolute atomic E-state index is 13.8. The van der Waals surface area contributed by atoms with Gasteiger partial charge in [0.15, 0.2) is 0 Å². The molecule has 2 aliphatic heterocycles. The highest BCUT2D eigenvalue weighted by Gasteiger charge is 2.46. The van der Waals surface area contributed by atoms with Gasteiger partial charge in [0.2, 0.25) is 0 Å². The number of hydrogen-bond donors (Lipinski definition) is 0. The molecule has 4 rings (SSSR count). The smallest absolute Gasteiger partial charge is 0.294 e. The van der Waals surface area contributed by atoms with Gasteiger partial charge in [-0.15, -0.1) is 0 Å². The van der Waals surface area contributed by atoms with Gasteiger partial charge in [0.05, 0.1) is 19.1 Å². The molecule has 1 amide bonds. The summed E-state index contributed by atoms with van der Waals surface area (Å²) in [5.74, 6) is -0.480. The molecular weight excluding hydrogens is 337 g/mol. The Morgan fingerprint density at radius 2 is 2.08 bits per heavy atom. The summed E-state index contributed by atoms with van der Waals surface area (Å²) in [6.45, 7) is 0.342. The first-order chi connectivity index (χ1) is 12.6. The molecule has 6 nitrogen and oxygen atoms in total. The lowest BCUT2D eigenvalue weighted by Crippen LogP contribution is -2.42. The second kappa shape index (κ2) is 6.42. The first kappa shape index (κ1) is 16.5. The number of amides is 1. The molecule has 2 atom stereocenters. The van der Waals surface area contributed by atoms with Crippen molar-refractivity contribution in [2.45, 2.75) is 12.0 Å². The number of rotatable bonds is 3. The highest BCUT2D eigenvalue weighted by Crippen LogP contribution is 2.43. The summed E-state index contributed by atoms with van der Waals surface area (Å²) in [5.41, 5.74) is 1.80. The number of carbonyl (C=O) groups excluding carboxylic acids is 1. The van der Waals surface area contributed by atoms with Crippen LogP contribution in [0.25, 0.3) is 0 Å². The molecule has 0 saturated heterocycles. The second-order valence-corrected chi connectivity index (χ2v) is 6.19. The first-order valence-corrected chi connectivity index (χ1v) is 8.27. The summed E-state index contributed by atoms with van der Waals surface area (Å²) >= 11 is 0. The van der Waals surface area contributed by atoms with Crippen LogP contribution in [0.15, 0.2) is 53.6 Å². The van der Waals surface area contributed by atoms with Crippen LogP contribution >= 0.6 is 0 Å². The summed E-state index contributed by atoms with van der Waals surface area (Å²) in [5, 5.41) is 7.38. The maximum atomic E-state index is 13.8. The van der Waals surface area contributed by atoms with Crippen LogP contribution < -0.4 is 9.75 Å². The predicted octanol–water partition coefficient (Wildman–Crippen LogP) is 2.57. The van der Waals surface area contributed by atoms with Crippen molar-refractivity contribution in [3.8, 4) is 5.75 Å². The van der Waals surface area contributed by atoms with Crippen molar-refractivity contribution in [2.75, 3.05) is 25.8 Å². The molecule has 0 N–H and O–H groups in total. The molecule has 0 bridgehead atoms. The van der Waals surface area contributed by atoms with Crippen LogP contribution in [0.1, 0.15) is 11.5 Å². The van der Waals surface area contributed by atoms with Crippen molar-refractivity contribution < 1.29 is 18.8 Å². The average Bonchev–Trinajstić information content (AvgIpc) is 3.07. The van der Waals surface area contributed by atoms with Crippen LogP contribution in [0.5, 0.6) is 5.75 Å². The Balaban J connectivity index is 1.82. The summed E-state index contributed by atoms with van der Waals surface area (Å²) in [6.07, 6.45) is 0. The number of carbonyl (C=O) groups is 1. The third-order valence-corrected chi connectivity index (χ3v) is 4.72. The van der Waals surface area contributed by atoms with Crippen LogP contribution in [0.4, 0.5) is 10.1 Å². The lowest BCUT2D eigenvalue weighted by Gasteiger charge is -2.33. The first-order valence-electron chi connectivity index (χ1n) is 8.27. The molecule has 0 aliphatic carbocycles. The van der Waals surface area contributed by atoms with E-state index in [4.69, 9.17) is 9.57 Å². The van der Waals surface area contributed by atoms with E-state index in [1.807, 2.05) is 30.3 Å².